The van der Waals surface area contributed by atoms with Gasteiger partial charge < -0.3 is 0 Å². The normalized spacial score (nSPS) is 12.3. The third-order valence-electron chi connectivity index (χ3n) is 7.43. The molecule has 0 amide bonds. The number of imidazole rings is 1. The van der Waals surface area contributed by atoms with Crippen LogP contribution in [-0.4, -0.2) is 4.98 Å². The lowest BCUT2D eigenvalue weighted by molar-refractivity contribution is -0.704. The van der Waals surface area contributed by atoms with Gasteiger partial charge in [-0.05, 0) is 31.2 Å². The van der Waals surface area contributed by atoms with Crippen LogP contribution in [0.2, 0.25) is 0 Å². The van der Waals surface area contributed by atoms with Crippen LogP contribution in [0.4, 0.5) is 0 Å². The maximum absolute atomic E-state index is 3.60. The molecule has 0 unspecified atom stereocenters. The first-order valence-electron chi connectivity index (χ1n) is 15.0. The molecule has 1 aromatic carbocycles. The largest absolute Gasteiger partial charge is 0.257 e. The minimum absolute atomic E-state index is 0.689. The molecule has 2 heteroatoms. The van der Waals surface area contributed by atoms with Crippen LogP contribution in [0, 0.1) is 0 Å². The Morgan fingerprint density at radius 2 is 1.24 bits per heavy atom. The van der Waals surface area contributed by atoms with Gasteiger partial charge >= 0.3 is 0 Å². The van der Waals surface area contributed by atoms with E-state index >= 15 is 0 Å². The second kappa shape index (κ2) is 19.7. The van der Waals surface area contributed by atoms with Crippen molar-refractivity contribution in [3.8, 4) is 0 Å². The van der Waals surface area contributed by atoms with E-state index in [9.17, 15) is 0 Å². The van der Waals surface area contributed by atoms with Gasteiger partial charge in [-0.3, -0.25) is 0 Å². The Morgan fingerprint density at radius 1 is 0.647 bits per heavy atom. The topological polar surface area (TPSA) is 19.7 Å². The maximum Gasteiger partial charge on any atom is 0.257 e. The van der Waals surface area contributed by atoms with E-state index in [1.807, 2.05) is 0 Å². The molecule has 1 atom stereocenters. The van der Waals surface area contributed by atoms with Crippen molar-refractivity contribution in [2.24, 2.45) is 0 Å². The van der Waals surface area contributed by atoms with Gasteiger partial charge in [0.05, 0.1) is 12.5 Å². The lowest BCUT2D eigenvalue weighted by Crippen LogP contribution is -2.37. The molecule has 0 radical (unpaired) electrons. The number of benzene rings is 1. The highest BCUT2D eigenvalue weighted by Gasteiger charge is 2.21. The molecule has 0 fully saturated rings. The summed E-state index contributed by atoms with van der Waals surface area (Å²) in [5.41, 5.74) is 1.45. The molecule has 0 saturated heterocycles. The number of nitrogens with zero attached hydrogens (tertiary/aromatic N) is 1. The first kappa shape index (κ1) is 28.7. The van der Waals surface area contributed by atoms with E-state index in [4.69, 9.17) is 0 Å². The van der Waals surface area contributed by atoms with Crippen molar-refractivity contribution >= 4 is 0 Å². The summed E-state index contributed by atoms with van der Waals surface area (Å²) >= 11 is 0. The molecule has 0 aliphatic heterocycles. The second-order valence-electron chi connectivity index (χ2n) is 10.5. The summed E-state index contributed by atoms with van der Waals surface area (Å²) in [6.07, 6.45) is 30.8. The van der Waals surface area contributed by atoms with E-state index in [0.717, 1.165) is 13.0 Å². The zero-order chi connectivity index (χ0) is 24.1. The Balaban J connectivity index is 1.55. The number of unbranched alkanes of at least 4 members (excludes halogenated alkanes) is 13. The van der Waals surface area contributed by atoms with E-state index in [2.05, 4.69) is 66.1 Å². The zero-order valence-corrected chi connectivity index (χ0v) is 22.7. The first-order valence-corrected chi connectivity index (χ1v) is 15.0. The van der Waals surface area contributed by atoms with Crippen LogP contribution in [0.25, 0.3) is 0 Å². The third-order valence-corrected chi connectivity index (χ3v) is 7.43. The number of nitrogens with one attached hydrogen (secondary N) is 1. The molecule has 0 aliphatic carbocycles. The van der Waals surface area contributed by atoms with Gasteiger partial charge in [-0.2, -0.15) is 0 Å². The number of aromatic nitrogens is 2. The highest BCUT2D eigenvalue weighted by atomic mass is 15.1. The van der Waals surface area contributed by atoms with Gasteiger partial charge in [0.1, 0.15) is 12.4 Å². The monoisotopic (exact) mass is 467 g/mol. The molecule has 0 bridgehead atoms. The fourth-order valence-electron chi connectivity index (χ4n) is 5.37. The molecule has 2 aromatic rings. The molecule has 2 rings (SSSR count). The SMILES string of the molecule is CCCCCCCCCCCCCCCC[C@H](CCC)c1[nH]cc[n+]1CCCc1ccccc1. The Bertz CT molecular complexity index is 690. The Labute approximate surface area is 212 Å². The van der Waals surface area contributed by atoms with Crippen LogP contribution in [0.15, 0.2) is 42.7 Å². The Morgan fingerprint density at radius 3 is 1.82 bits per heavy atom. The quantitative estimate of drug-likeness (QED) is 0.131. The minimum atomic E-state index is 0.689. The van der Waals surface area contributed by atoms with Gasteiger partial charge in [-0.25, -0.2) is 9.55 Å². The van der Waals surface area contributed by atoms with Crippen molar-refractivity contribution < 1.29 is 4.57 Å². The molecule has 1 N–H and O–H groups in total. The Kier molecular flexibility index (Phi) is 16.6. The molecule has 34 heavy (non-hydrogen) atoms. The van der Waals surface area contributed by atoms with Gasteiger partial charge in [0.2, 0.25) is 0 Å². The summed E-state index contributed by atoms with van der Waals surface area (Å²) in [7, 11) is 0. The van der Waals surface area contributed by atoms with Crippen LogP contribution < -0.4 is 4.57 Å². The highest BCUT2D eigenvalue weighted by molar-refractivity contribution is 5.14. The van der Waals surface area contributed by atoms with Crippen LogP contribution in [0.1, 0.15) is 147 Å². The van der Waals surface area contributed by atoms with Crippen LogP contribution >= 0.6 is 0 Å². The second-order valence-corrected chi connectivity index (χ2v) is 10.5. The van der Waals surface area contributed by atoms with Crippen molar-refractivity contribution in [1.29, 1.82) is 0 Å². The van der Waals surface area contributed by atoms with Gasteiger partial charge in [-0.1, -0.05) is 140 Å². The molecule has 2 nitrogen and oxygen atoms in total. The average molecular weight is 468 g/mol. The third kappa shape index (κ3) is 12.8. The summed E-state index contributed by atoms with van der Waals surface area (Å²) in [6, 6.07) is 10.9. The maximum atomic E-state index is 3.60. The van der Waals surface area contributed by atoms with Gasteiger partial charge in [0.15, 0.2) is 0 Å². The lowest BCUT2D eigenvalue weighted by Gasteiger charge is -2.13. The van der Waals surface area contributed by atoms with E-state index in [1.165, 1.54) is 127 Å². The first-order chi connectivity index (χ1) is 16.8. The number of H-pyrrole nitrogens is 1. The average Bonchev–Trinajstić information content (AvgIpc) is 3.32. The van der Waals surface area contributed by atoms with Crippen LogP contribution in [0.5, 0.6) is 0 Å². The smallest absolute Gasteiger partial charge is 0.247 e. The van der Waals surface area contributed by atoms with Gasteiger partial charge in [0, 0.05) is 0 Å². The summed E-state index contributed by atoms with van der Waals surface area (Å²) in [5.74, 6) is 2.15. The predicted molar refractivity (Wildman–Crippen MR) is 148 cm³/mol. The standard InChI is InChI=1S/C32H54N2/c1-3-5-6-7-8-9-10-11-12-13-14-15-16-20-26-31(22-4-2)32-33-27-29-34(32)28-21-25-30-23-18-17-19-24-30/h17-19,23-24,27,29,31H,3-16,20-22,25-26,28H2,1-2H3/p+1/t31-/m0/s1. The minimum Gasteiger partial charge on any atom is -0.247 e. The van der Waals surface area contributed by atoms with E-state index in [0.29, 0.717) is 5.92 Å². The van der Waals surface area contributed by atoms with E-state index in [1.54, 1.807) is 0 Å². The summed E-state index contributed by atoms with van der Waals surface area (Å²) in [6.45, 7) is 5.75. The van der Waals surface area contributed by atoms with E-state index < -0.39 is 0 Å². The molecular weight excluding hydrogens is 412 g/mol. The molecule has 0 spiro atoms. The zero-order valence-electron chi connectivity index (χ0n) is 22.7. The van der Waals surface area contributed by atoms with Gasteiger partial charge in [-0.15, -0.1) is 0 Å². The molecular formula is C32H55N2+. The van der Waals surface area contributed by atoms with Crippen LogP contribution in [0.3, 0.4) is 0 Å². The fourth-order valence-corrected chi connectivity index (χ4v) is 5.37. The number of aryl methyl sites for hydroxylation is 2. The van der Waals surface area contributed by atoms with Crippen molar-refractivity contribution in [3.05, 3.63) is 54.1 Å². The van der Waals surface area contributed by atoms with Crippen LogP contribution in [-0.2, 0) is 13.0 Å². The molecule has 0 aliphatic rings. The number of rotatable bonds is 22. The highest BCUT2D eigenvalue weighted by Crippen LogP contribution is 2.24. The number of hydrogen-bond acceptors (Lipinski definition) is 0. The summed E-state index contributed by atoms with van der Waals surface area (Å²) in [5, 5.41) is 0. The molecule has 192 valence electrons. The Hall–Kier alpha value is -1.57. The molecule has 0 saturated carbocycles. The van der Waals surface area contributed by atoms with Crippen molar-refractivity contribution in [2.45, 2.75) is 148 Å². The summed E-state index contributed by atoms with van der Waals surface area (Å²) < 4.78 is 2.49. The van der Waals surface area contributed by atoms with Gasteiger partial charge in [0.25, 0.3) is 5.82 Å². The van der Waals surface area contributed by atoms with Crippen molar-refractivity contribution in [1.82, 2.24) is 4.98 Å². The summed E-state index contributed by atoms with van der Waals surface area (Å²) in [4.78, 5) is 3.60. The molecule has 1 heterocycles. The fraction of sp³-hybridized carbons (Fsp3) is 0.719. The number of hydrogen-bond donors (Lipinski definition) is 1. The predicted octanol–water partition coefficient (Wildman–Crippen LogP) is 9.69. The molecule has 1 aromatic heterocycles. The van der Waals surface area contributed by atoms with Crippen molar-refractivity contribution in [3.63, 3.8) is 0 Å². The van der Waals surface area contributed by atoms with E-state index in [-0.39, 0.29) is 0 Å². The lowest BCUT2D eigenvalue weighted by atomic mass is 9.95. The number of aromatic amines is 1. The van der Waals surface area contributed by atoms with Crippen molar-refractivity contribution in [2.75, 3.05) is 0 Å².